The summed E-state index contributed by atoms with van der Waals surface area (Å²) < 4.78 is 7.22. The molecule has 1 aliphatic heterocycles. The number of benzene rings is 2. The third kappa shape index (κ3) is 4.24. The molecule has 152 valence electrons. The Labute approximate surface area is 182 Å². The van der Waals surface area contributed by atoms with Crippen LogP contribution in [-0.2, 0) is 11.3 Å². The zero-order valence-electron chi connectivity index (χ0n) is 15.8. The molecule has 0 radical (unpaired) electrons. The number of ether oxygens (including phenoxy) is 1. The predicted molar refractivity (Wildman–Crippen MR) is 116 cm³/mol. The van der Waals surface area contributed by atoms with Crippen molar-refractivity contribution in [3.8, 4) is 17.1 Å². The number of rotatable bonds is 7. The molecule has 4 rings (SSSR count). The van der Waals surface area contributed by atoms with E-state index in [2.05, 4.69) is 22.1 Å². The number of fused-ring (bicyclic) bond motifs is 1. The Kier molecular flexibility index (Phi) is 5.87. The molecule has 1 amide bonds. The number of halogens is 1. The molecule has 0 spiro atoms. The molecule has 0 saturated carbocycles. The second-order valence-corrected chi connectivity index (χ2v) is 7.85. The van der Waals surface area contributed by atoms with Crippen LogP contribution in [0.2, 0.25) is 5.02 Å². The largest absolute Gasteiger partial charge is 0.482 e. The first-order valence-electron chi connectivity index (χ1n) is 9.08. The van der Waals surface area contributed by atoms with E-state index in [-0.39, 0.29) is 24.1 Å². The lowest BCUT2D eigenvalue weighted by atomic mass is 10.1. The Hall–Kier alpha value is -3.10. The van der Waals surface area contributed by atoms with Gasteiger partial charge < -0.3 is 10.1 Å². The number of allylic oxidation sites excluding steroid dienone is 1. The lowest BCUT2D eigenvalue weighted by Gasteiger charge is -2.18. The molecule has 3 aromatic rings. The number of hydrogen-bond acceptors (Lipinski definition) is 6. The molecule has 1 aliphatic rings. The minimum Gasteiger partial charge on any atom is -0.482 e. The van der Waals surface area contributed by atoms with Crippen LogP contribution in [0.15, 0.2) is 60.3 Å². The van der Waals surface area contributed by atoms with Gasteiger partial charge in [-0.1, -0.05) is 29.4 Å². The monoisotopic (exact) mass is 440 g/mol. The van der Waals surface area contributed by atoms with Gasteiger partial charge in [-0.25, -0.2) is 0 Å². The van der Waals surface area contributed by atoms with Crippen LogP contribution in [0.25, 0.3) is 11.4 Å². The molecule has 0 unspecified atom stereocenters. The summed E-state index contributed by atoms with van der Waals surface area (Å²) in [4.78, 5) is 24.2. The van der Waals surface area contributed by atoms with E-state index in [1.165, 1.54) is 11.8 Å². The number of carbonyl (C=O) groups is 2. The Morgan fingerprint density at radius 1 is 1.27 bits per heavy atom. The minimum absolute atomic E-state index is 0.0228. The van der Waals surface area contributed by atoms with Crippen molar-refractivity contribution in [1.29, 1.82) is 0 Å². The van der Waals surface area contributed by atoms with Crippen LogP contribution in [0.5, 0.6) is 5.75 Å². The summed E-state index contributed by atoms with van der Waals surface area (Å²) in [5.74, 6) is 1.06. The topological polar surface area (TPSA) is 86.1 Å². The lowest BCUT2D eigenvalue weighted by Crippen LogP contribution is -2.25. The van der Waals surface area contributed by atoms with Gasteiger partial charge in [-0.05, 0) is 42.5 Å². The van der Waals surface area contributed by atoms with Crippen LogP contribution in [-0.4, -0.2) is 38.8 Å². The fraction of sp³-hybridized carbons (Fsp3) is 0.143. The highest BCUT2D eigenvalue weighted by Crippen LogP contribution is 2.30. The van der Waals surface area contributed by atoms with Crippen molar-refractivity contribution in [3.63, 3.8) is 0 Å². The van der Waals surface area contributed by atoms with Crippen LogP contribution in [0.4, 0.5) is 5.69 Å². The van der Waals surface area contributed by atoms with Crippen molar-refractivity contribution in [2.24, 2.45) is 0 Å². The number of hydrogen-bond donors (Lipinski definition) is 1. The van der Waals surface area contributed by atoms with Gasteiger partial charge in [0.2, 0.25) is 0 Å². The molecule has 0 aliphatic carbocycles. The average Bonchev–Trinajstić information content (AvgIpc) is 3.15. The number of thioether (sulfide) groups is 1. The van der Waals surface area contributed by atoms with Gasteiger partial charge in [0.15, 0.2) is 23.4 Å². The Morgan fingerprint density at radius 3 is 2.83 bits per heavy atom. The summed E-state index contributed by atoms with van der Waals surface area (Å²) >= 11 is 7.26. The molecule has 9 heteroatoms. The summed E-state index contributed by atoms with van der Waals surface area (Å²) in [5, 5.41) is 12.5. The Morgan fingerprint density at radius 2 is 2.07 bits per heavy atom. The van der Waals surface area contributed by atoms with Gasteiger partial charge in [0.1, 0.15) is 5.75 Å². The van der Waals surface area contributed by atoms with Crippen LogP contribution < -0.4 is 10.1 Å². The van der Waals surface area contributed by atoms with Gasteiger partial charge in [0.25, 0.3) is 5.91 Å². The summed E-state index contributed by atoms with van der Waals surface area (Å²) in [6, 6.07) is 12.3. The van der Waals surface area contributed by atoms with Gasteiger partial charge in [-0.15, -0.1) is 16.8 Å². The highest BCUT2D eigenvalue weighted by Gasteiger charge is 2.19. The third-order valence-electron chi connectivity index (χ3n) is 4.40. The smallest absolute Gasteiger partial charge is 0.262 e. The first-order valence-corrected chi connectivity index (χ1v) is 10.4. The van der Waals surface area contributed by atoms with Crippen molar-refractivity contribution in [3.05, 3.63) is 65.7 Å². The van der Waals surface area contributed by atoms with E-state index >= 15 is 0 Å². The lowest BCUT2D eigenvalue weighted by molar-refractivity contribution is -0.118. The van der Waals surface area contributed by atoms with E-state index in [0.717, 1.165) is 5.56 Å². The van der Waals surface area contributed by atoms with E-state index in [4.69, 9.17) is 16.3 Å². The number of Topliss-reactive ketones (excluding diaryl/α,β-unsaturated/α-hetero) is 1. The van der Waals surface area contributed by atoms with E-state index in [1.54, 1.807) is 36.4 Å². The van der Waals surface area contributed by atoms with Crippen LogP contribution in [0.1, 0.15) is 10.4 Å². The summed E-state index contributed by atoms with van der Waals surface area (Å²) in [5.41, 5.74) is 1.86. The van der Waals surface area contributed by atoms with Gasteiger partial charge in [-0.2, -0.15) is 0 Å². The zero-order valence-corrected chi connectivity index (χ0v) is 17.4. The third-order valence-corrected chi connectivity index (χ3v) is 5.62. The van der Waals surface area contributed by atoms with Crippen molar-refractivity contribution < 1.29 is 14.3 Å². The number of anilines is 1. The first-order chi connectivity index (χ1) is 14.5. The van der Waals surface area contributed by atoms with Gasteiger partial charge in [0, 0.05) is 22.7 Å². The molecule has 0 atom stereocenters. The Balaban J connectivity index is 1.51. The number of amides is 1. The molecular formula is C21H17ClN4O3S. The number of nitrogens with zero attached hydrogens (tertiary/aromatic N) is 3. The van der Waals surface area contributed by atoms with Gasteiger partial charge in [0.05, 0.1) is 11.4 Å². The minimum atomic E-state index is -0.242. The molecule has 1 N–H and O–H groups in total. The van der Waals surface area contributed by atoms with Gasteiger partial charge in [-0.3, -0.25) is 14.2 Å². The van der Waals surface area contributed by atoms with Crippen LogP contribution >= 0.6 is 23.4 Å². The average molecular weight is 441 g/mol. The normalized spacial score (nSPS) is 12.6. The first kappa shape index (κ1) is 20.2. The maximum absolute atomic E-state index is 12.7. The molecule has 30 heavy (non-hydrogen) atoms. The van der Waals surface area contributed by atoms with E-state index < -0.39 is 0 Å². The quantitative estimate of drug-likeness (QED) is 0.338. The highest BCUT2D eigenvalue weighted by atomic mass is 35.5. The van der Waals surface area contributed by atoms with Crippen molar-refractivity contribution in [1.82, 2.24) is 14.8 Å². The van der Waals surface area contributed by atoms with Crippen molar-refractivity contribution in [2.45, 2.75) is 11.7 Å². The standard InChI is InChI=1S/C21H17ClN4O3S/c1-2-9-26-20(13-3-6-15(22)7-4-13)24-25-21(26)30-12-17(27)14-5-8-18-16(10-14)23-19(28)11-29-18/h2-8,10H,1,9,11-12H2,(H,23,28). The SMILES string of the molecule is C=CCn1c(SCC(=O)c2ccc3c(c2)NC(=O)CO3)nnc1-c1ccc(Cl)cc1. The molecule has 2 aromatic carbocycles. The van der Waals surface area contributed by atoms with Crippen LogP contribution in [0.3, 0.4) is 0 Å². The van der Waals surface area contributed by atoms with E-state index in [1.807, 2.05) is 16.7 Å². The fourth-order valence-electron chi connectivity index (χ4n) is 2.97. The van der Waals surface area contributed by atoms with Gasteiger partial charge >= 0.3 is 0 Å². The molecule has 0 saturated heterocycles. The highest BCUT2D eigenvalue weighted by molar-refractivity contribution is 7.99. The second kappa shape index (κ2) is 8.73. The molecule has 1 aromatic heterocycles. The molecule has 0 fully saturated rings. The fourth-order valence-corrected chi connectivity index (χ4v) is 3.94. The maximum atomic E-state index is 12.7. The molecule has 0 bridgehead atoms. The number of ketones is 1. The molecule has 7 nitrogen and oxygen atoms in total. The maximum Gasteiger partial charge on any atom is 0.262 e. The number of aromatic nitrogens is 3. The number of nitrogens with one attached hydrogen (secondary N) is 1. The second-order valence-electron chi connectivity index (χ2n) is 6.47. The zero-order chi connectivity index (χ0) is 21.1. The number of carbonyl (C=O) groups excluding carboxylic acids is 2. The summed E-state index contributed by atoms with van der Waals surface area (Å²) in [6.45, 7) is 4.28. The Bertz CT molecular complexity index is 1130. The predicted octanol–water partition coefficient (Wildman–Crippen LogP) is 4.09. The van der Waals surface area contributed by atoms with Crippen molar-refractivity contribution >= 4 is 40.7 Å². The van der Waals surface area contributed by atoms with E-state index in [0.29, 0.717) is 39.5 Å². The molecular weight excluding hydrogens is 424 g/mol. The van der Waals surface area contributed by atoms with Crippen molar-refractivity contribution in [2.75, 3.05) is 17.7 Å². The van der Waals surface area contributed by atoms with E-state index in [9.17, 15) is 9.59 Å². The van der Waals surface area contributed by atoms with Crippen LogP contribution in [0, 0.1) is 0 Å². The molecule has 2 heterocycles. The summed E-state index contributed by atoms with van der Waals surface area (Å²) in [7, 11) is 0. The summed E-state index contributed by atoms with van der Waals surface area (Å²) in [6.07, 6.45) is 1.75.